The van der Waals surface area contributed by atoms with E-state index in [1.54, 1.807) is 0 Å². The molecular weight excluding hydrogens is 188 g/mol. The lowest BCUT2D eigenvalue weighted by molar-refractivity contribution is -0.398. The van der Waals surface area contributed by atoms with Crippen LogP contribution in [0.25, 0.3) is 0 Å². The molecule has 0 bridgehead atoms. The van der Waals surface area contributed by atoms with Gasteiger partial charge in [0.15, 0.2) is 0 Å². The molecule has 15 heavy (non-hydrogen) atoms. The van der Waals surface area contributed by atoms with E-state index in [4.69, 9.17) is 9.78 Å². The van der Waals surface area contributed by atoms with Crippen molar-refractivity contribution >= 4 is 0 Å². The molecular formula is C13H28O2. The van der Waals surface area contributed by atoms with Crippen LogP contribution in [0.1, 0.15) is 73.6 Å². The molecule has 0 radical (unpaired) electrons. The second kappa shape index (κ2) is 6.49. The lowest BCUT2D eigenvalue weighted by Crippen LogP contribution is -2.30. The van der Waals surface area contributed by atoms with E-state index in [0.29, 0.717) is 0 Å². The first-order valence-electron chi connectivity index (χ1n) is 6.14. The smallest absolute Gasteiger partial charge is 0.0980 e. The van der Waals surface area contributed by atoms with E-state index >= 15 is 0 Å². The second-order valence-electron chi connectivity index (χ2n) is 5.85. The summed E-state index contributed by atoms with van der Waals surface area (Å²) in [5, 5.41) is 0. The molecule has 0 fully saturated rings. The largest absolute Gasteiger partial charge is 0.230 e. The van der Waals surface area contributed by atoms with Gasteiger partial charge in [-0.25, -0.2) is 9.78 Å². The summed E-state index contributed by atoms with van der Waals surface area (Å²) in [5.41, 5.74) is -0.387. The average molecular weight is 216 g/mol. The van der Waals surface area contributed by atoms with Crippen LogP contribution in [0.3, 0.4) is 0 Å². The molecule has 0 aliphatic rings. The van der Waals surface area contributed by atoms with Crippen LogP contribution in [0.2, 0.25) is 0 Å². The van der Waals surface area contributed by atoms with Gasteiger partial charge in [-0.05, 0) is 41.0 Å². The fraction of sp³-hybridized carbons (Fsp3) is 1.00. The summed E-state index contributed by atoms with van der Waals surface area (Å²) in [5.74, 6) is 0. The molecule has 92 valence electrons. The lowest BCUT2D eigenvalue weighted by Gasteiger charge is -2.28. The van der Waals surface area contributed by atoms with Crippen molar-refractivity contribution in [1.82, 2.24) is 0 Å². The van der Waals surface area contributed by atoms with Crippen LogP contribution in [-0.4, -0.2) is 11.2 Å². The van der Waals surface area contributed by atoms with E-state index in [-0.39, 0.29) is 11.2 Å². The summed E-state index contributed by atoms with van der Waals surface area (Å²) in [6.45, 7) is 12.4. The van der Waals surface area contributed by atoms with Crippen molar-refractivity contribution in [2.75, 3.05) is 0 Å². The van der Waals surface area contributed by atoms with Gasteiger partial charge in [0.05, 0.1) is 11.2 Å². The van der Waals surface area contributed by atoms with Gasteiger partial charge < -0.3 is 0 Å². The van der Waals surface area contributed by atoms with Crippen LogP contribution in [0, 0.1) is 0 Å². The van der Waals surface area contributed by atoms with Crippen LogP contribution in [0.5, 0.6) is 0 Å². The van der Waals surface area contributed by atoms with E-state index in [1.807, 2.05) is 20.8 Å². The first-order valence-corrected chi connectivity index (χ1v) is 6.14. The fourth-order valence-electron chi connectivity index (χ4n) is 1.26. The molecule has 2 nitrogen and oxygen atoms in total. The second-order valence-corrected chi connectivity index (χ2v) is 5.85. The summed E-state index contributed by atoms with van der Waals surface area (Å²) in [6, 6.07) is 0. The Balaban J connectivity index is 3.67. The summed E-state index contributed by atoms with van der Waals surface area (Å²) in [4.78, 5) is 10.8. The van der Waals surface area contributed by atoms with Crippen molar-refractivity contribution in [1.29, 1.82) is 0 Å². The number of rotatable bonds is 7. The van der Waals surface area contributed by atoms with Crippen LogP contribution in [0.15, 0.2) is 0 Å². The predicted octanol–water partition coefficient (Wildman–Crippen LogP) is 4.48. The van der Waals surface area contributed by atoms with E-state index in [0.717, 1.165) is 6.42 Å². The van der Waals surface area contributed by atoms with Crippen molar-refractivity contribution in [3.8, 4) is 0 Å². The first kappa shape index (κ1) is 14.9. The quantitative estimate of drug-likeness (QED) is 0.355. The molecule has 0 unspecified atom stereocenters. The molecule has 0 heterocycles. The van der Waals surface area contributed by atoms with Gasteiger partial charge in [0.25, 0.3) is 0 Å². The van der Waals surface area contributed by atoms with Gasteiger partial charge in [0.2, 0.25) is 0 Å². The normalized spacial score (nSPS) is 13.2. The Bertz CT molecular complexity index is 156. The minimum absolute atomic E-state index is 0.166. The summed E-state index contributed by atoms with van der Waals surface area (Å²) in [6.07, 6.45) is 6.16. The first-order chi connectivity index (χ1) is 6.77. The number of unbranched alkanes of at least 4 members (excludes halogenated alkanes) is 3. The van der Waals surface area contributed by atoms with E-state index < -0.39 is 0 Å². The van der Waals surface area contributed by atoms with Crippen molar-refractivity contribution in [2.24, 2.45) is 0 Å². The van der Waals surface area contributed by atoms with Crippen LogP contribution < -0.4 is 0 Å². The highest BCUT2D eigenvalue weighted by molar-refractivity contribution is 4.67. The van der Waals surface area contributed by atoms with Gasteiger partial charge in [-0.1, -0.05) is 32.6 Å². The van der Waals surface area contributed by atoms with Gasteiger partial charge in [0.1, 0.15) is 0 Å². The molecule has 0 aliphatic carbocycles. The zero-order valence-corrected chi connectivity index (χ0v) is 11.4. The third-order valence-electron chi connectivity index (χ3n) is 2.15. The SMILES string of the molecule is CCCCCCC(C)(C)OOC(C)(C)C. The maximum absolute atomic E-state index is 5.47. The zero-order valence-electron chi connectivity index (χ0n) is 11.4. The third-order valence-corrected chi connectivity index (χ3v) is 2.15. The molecule has 0 amide bonds. The highest BCUT2D eigenvalue weighted by Crippen LogP contribution is 2.22. The monoisotopic (exact) mass is 216 g/mol. The van der Waals surface area contributed by atoms with E-state index in [9.17, 15) is 0 Å². The van der Waals surface area contributed by atoms with Crippen molar-refractivity contribution in [3.05, 3.63) is 0 Å². The van der Waals surface area contributed by atoms with Gasteiger partial charge in [0, 0.05) is 0 Å². The minimum atomic E-state index is -0.222. The lowest BCUT2D eigenvalue weighted by atomic mass is 10.0. The van der Waals surface area contributed by atoms with Crippen molar-refractivity contribution < 1.29 is 9.78 Å². The standard InChI is InChI=1S/C13H28O2/c1-7-8-9-10-11-13(5,6)15-14-12(2,3)4/h7-11H2,1-6H3. The van der Waals surface area contributed by atoms with Crippen LogP contribution >= 0.6 is 0 Å². The summed E-state index contributed by atoms with van der Waals surface area (Å²) < 4.78 is 0. The zero-order chi connectivity index (χ0) is 11.9. The van der Waals surface area contributed by atoms with Gasteiger partial charge >= 0.3 is 0 Å². The Kier molecular flexibility index (Phi) is 6.46. The van der Waals surface area contributed by atoms with E-state index in [1.165, 1.54) is 25.7 Å². The summed E-state index contributed by atoms with van der Waals surface area (Å²) >= 11 is 0. The Morgan fingerprint density at radius 1 is 0.800 bits per heavy atom. The Morgan fingerprint density at radius 2 is 1.40 bits per heavy atom. The number of hydrogen-bond acceptors (Lipinski definition) is 2. The molecule has 0 saturated heterocycles. The van der Waals surface area contributed by atoms with Crippen molar-refractivity contribution in [2.45, 2.75) is 84.8 Å². The van der Waals surface area contributed by atoms with E-state index in [2.05, 4.69) is 20.8 Å². The van der Waals surface area contributed by atoms with Crippen molar-refractivity contribution in [3.63, 3.8) is 0 Å². The molecule has 0 aromatic carbocycles. The Morgan fingerprint density at radius 3 is 1.87 bits per heavy atom. The van der Waals surface area contributed by atoms with Gasteiger partial charge in [-0.3, -0.25) is 0 Å². The summed E-state index contributed by atoms with van der Waals surface area (Å²) in [7, 11) is 0. The Hall–Kier alpha value is -0.0800. The maximum atomic E-state index is 5.47. The fourth-order valence-corrected chi connectivity index (χ4v) is 1.26. The predicted molar refractivity (Wildman–Crippen MR) is 64.8 cm³/mol. The van der Waals surface area contributed by atoms with Crippen LogP contribution in [-0.2, 0) is 9.78 Å². The molecule has 0 aromatic rings. The molecule has 0 spiro atoms. The third kappa shape index (κ3) is 10.2. The highest BCUT2D eigenvalue weighted by atomic mass is 17.2. The molecule has 0 aliphatic heterocycles. The number of hydrogen-bond donors (Lipinski definition) is 0. The van der Waals surface area contributed by atoms with Gasteiger partial charge in [-0.2, -0.15) is 0 Å². The molecule has 0 aromatic heterocycles. The van der Waals surface area contributed by atoms with Crippen LogP contribution in [0.4, 0.5) is 0 Å². The molecule has 2 heteroatoms. The molecule has 0 rings (SSSR count). The maximum Gasteiger partial charge on any atom is 0.0980 e. The minimum Gasteiger partial charge on any atom is -0.230 e. The molecule has 0 N–H and O–H groups in total. The highest BCUT2D eigenvalue weighted by Gasteiger charge is 2.23. The molecule has 0 saturated carbocycles. The average Bonchev–Trinajstić information content (AvgIpc) is 2.09. The Labute approximate surface area is 95.3 Å². The topological polar surface area (TPSA) is 18.5 Å². The molecule has 0 atom stereocenters. The van der Waals surface area contributed by atoms with Gasteiger partial charge in [-0.15, -0.1) is 0 Å².